The molecule has 0 atom stereocenters. The van der Waals surface area contributed by atoms with Gasteiger partial charge in [-0.2, -0.15) is 10.5 Å². The maximum atomic E-state index is 10.2. The summed E-state index contributed by atoms with van der Waals surface area (Å²) in [5, 5.41) is 21.0. The average molecular weight is 517 g/mol. The average Bonchev–Trinajstić information content (AvgIpc) is 2.93. The molecule has 0 spiro atoms. The fraction of sp³-hybridized carbons (Fsp3) is 0.576. The van der Waals surface area contributed by atoms with Crippen LogP contribution in [0.15, 0.2) is 30.3 Å². The molecule has 2 bridgehead atoms. The van der Waals surface area contributed by atoms with Crippen molar-refractivity contribution in [3.63, 3.8) is 0 Å². The first-order valence-electron chi connectivity index (χ1n) is 14.4. The molecule has 0 N–H and O–H groups in total. The molecule has 3 nitrogen and oxygen atoms in total. The highest BCUT2D eigenvalue weighted by Gasteiger charge is 2.49. The van der Waals surface area contributed by atoms with Crippen LogP contribution in [0.1, 0.15) is 119 Å². The van der Waals surface area contributed by atoms with Gasteiger partial charge in [0, 0.05) is 0 Å². The predicted molar refractivity (Wildman–Crippen MR) is 151 cm³/mol. The number of rotatable bonds is 12. The van der Waals surface area contributed by atoms with Gasteiger partial charge in [-0.05, 0) is 104 Å². The van der Waals surface area contributed by atoms with E-state index < -0.39 is 0 Å². The number of fused-ring (bicyclic) bond motifs is 3. The molecule has 3 saturated carbocycles. The zero-order chi connectivity index (χ0) is 26.3. The Kier molecular flexibility index (Phi) is 9.21. The van der Waals surface area contributed by atoms with Crippen molar-refractivity contribution in [1.29, 1.82) is 10.5 Å². The van der Waals surface area contributed by atoms with Crippen molar-refractivity contribution >= 4 is 11.6 Å². The van der Waals surface area contributed by atoms with E-state index in [0.29, 0.717) is 34.6 Å². The molecular formula is C33H41ClN2O. The largest absolute Gasteiger partial charge is 0.492 e. The number of hydrogen-bond acceptors (Lipinski definition) is 3. The van der Waals surface area contributed by atoms with Crippen LogP contribution in [0.25, 0.3) is 0 Å². The molecule has 3 aliphatic rings. The van der Waals surface area contributed by atoms with E-state index in [1.165, 1.54) is 44.9 Å². The third kappa shape index (κ3) is 5.99. The summed E-state index contributed by atoms with van der Waals surface area (Å²) in [4.78, 5) is 0. The monoisotopic (exact) mass is 516 g/mol. The van der Waals surface area contributed by atoms with E-state index >= 15 is 0 Å². The molecule has 0 radical (unpaired) electrons. The molecular weight excluding hydrogens is 476 g/mol. The van der Waals surface area contributed by atoms with E-state index in [-0.39, 0.29) is 5.41 Å². The number of halogens is 1. The molecule has 0 saturated heterocycles. The molecule has 4 heteroatoms. The minimum atomic E-state index is 0.0723. The van der Waals surface area contributed by atoms with Crippen molar-refractivity contribution in [3.05, 3.63) is 63.2 Å². The summed E-state index contributed by atoms with van der Waals surface area (Å²) < 4.78 is 5.78. The summed E-state index contributed by atoms with van der Waals surface area (Å²) in [6.45, 7) is 5.09. The highest BCUT2D eigenvalue weighted by Crippen LogP contribution is 2.60. The van der Waals surface area contributed by atoms with Gasteiger partial charge in [0.15, 0.2) is 0 Å². The van der Waals surface area contributed by atoms with Crippen molar-refractivity contribution < 1.29 is 4.74 Å². The summed E-state index contributed by atoms with van der Waals surface area (Å²) in [7, 11) is 0. The molecule has 0 amide bonds. The minimum absolute atomic E-state index is 0.0723. The van der Waals surface area contributed by atoms with Crippen LogP contribution in [0.4, 0.5) is 0 Å². The first kappa shape index (κ1) is 27.5. The Balaban J connectivity index is 1.48. The van der Waals surface area contributed by atoms with E-state index in [4.69, 9.17) is 16.3 Å². The highest BCUT2D eigenvalue weighted by atomic mass is 35.5. The molecule has 0 aromatic heterocycles. The van der Waals surface area contributed by atoms with Gasteiger partial charge in [0.25, 0.3) is 0 Å². The Hall–Kier alpha value is -2.49. The van der Waals surface area contributed by atoms with Gasteiger partial charge in [-0.25, -0.2) is 0 Å². The lowest BCUT2D eigenvalue weighted by atomic mass is 9.50. The van der Waals surface area contributed by atoms with E-state index in [9.17, 15) is 10.5 Å². The third-order valence-corrected chi connectivity index (χ3v) is 9.53. The SMILES string of the molecule is CCCCCC12CCC(c3ccc(CCc4ccc(OCCCC)c(Cl)c4)c(C#N)c3C#N)(CC1)CC2. The molecule has 0 unspecified atom stereocenters. The number of nitrogens with zero attached hydrogens (tertiary/aromatic N) is 2. The Morgan fingerprint density at radius 1 is 0.838 bits per heavy atom. The van der Waals surface area contributed by atoms with Crippen molar-refractivity contribution in [1.82, 2.24) is 0 Å². The summed E-state index contributed by atoms with van der Waals surface area (Å²) in [6, 6.07) is 15.1. The van der Waals surface area contributed by atoms with Crippen LogP contribution in [0.3, 0.4) is 0 Å². The fourth-order valence-electron chi connectivity index (χ4n) is 6.75. The fourth-order valence-corrected chi connectivity index (χ4v) is 7.01. The summed E-state index contributed by atoms with van der Waals surface area (Å²) >= 11 is 6.46. The predicted octanol–water partition coefficient (Wildman–Crippen LogP) is 9.22. The lowest BCUT2D eigenvalue weighted by Crippen LogP contribution is -2.44. The first-order valence-corrected chi connectivity index (χ1v) is 14.8. The quantitative estimate of drug-likeness (QED) is 0.264. The van der Waals surface area contributed by atoms with E-state index in [1.54, 1.807) is 0 Å². The number of unbranched alkanes of at least 4 members (excludes halogenated alkanes) is 3. The van der Waals surface area contributed by atoms with Crippen LogP contribution in [0.5, 0.6) is 5.75 Å². The molecule has 2 aromatic rings. The number of aryl methyl sites for hydroxylation is 2. The van der Waals surface area contributed by atoms with Crippen LogP contribution in [-0.2, 0) is 18.3 Å². The number of benzene rings is 2. The number of ether oxygens (including phenoxy) is 1. The van der Waals surface area contributed by atoms with Gasteiger partial charge in [-0.3, -0.25) is 0 Å². The Morgan fingerprint density at radius 2 is 1.54 bits per heavy atom. The Labute approximate surface area is 228 Å². The molecule has 0 heterocycles. The van der Waals surface area contributed by atoms with Gasteiger partial charge < -0.3 is 4.74 Å². The molecule has 5 rings (SSSR count). The van der Waals surface area contributed by atoms with Gasteiger partial charge in [0.1, 0.15) is 17.9 Å². The molecule has 2 aromatic carbocycles. The summed E-state index contributed by atoms with van der Waals surface area (Å²) in [5.74, 6) is 0.723. The van der Waals surface area contributed by atoms with Gasteiger partial charge in [0.2, 0.25) is 0 Å². The number of hydrogen-bond donors (Lipinski definition) is 0. The van der Waals surface area contributed by atoms with E-state index in [2.05, 4.69) is 44.2 Å². The van der Waals surface area contributed by atoms with Gasteiger partial charge in [0.05, 0.1) is 22.8 Å². The molecule has 196 valence electrons. The lowest BCUT2D eigenvalue weighted by molar-refractivity contribution is 0.0304. The maximum absolute atomic E-state index is 10.2. The minimum Gasteiger partial charge on any atom is -0.492 e. The lowest BCUT2D eigenvalue weighted by Gasteiger charge is -2.54. The van der Waals surface area contributed by atoms with E-state index in [0.717, 1.165) is 61.0 Å². The first-order chi connectivity index (χ1) is 18.0. The Bertz CT molecular complexity index is 1150. The molecule has 0 aliphatic heterocycles. The third-order valence-electron chi connectivity index (χ3n) is 9.23. The van der Waals surface area contributed by atoms with Gasteiger partial charge in [-0.1, -0.05) is 69.3 Å². The second kappa shape index (κ2) is 12.4. The normalized spacial score (nSPS) is 22.4. The smallest absolute Gasteiger partial charge is 0.137 e. The van der Waals surface area contributed by atoms with Crippen LogP contribution in [0.2, 0.25) is 5.02 Å². The molecule has 37 heavy (non-hydrogen) atoms. The van der Waals surface area contributed by atoms with Gasteiger partial charge >= 0.3 is 0 Å². The van der Waals surface area contributed by atoms with Crippen molar-refractivity contribution in [3.8, 4) is 17.9 Å². The van der Waals surface area contributed by atoms with E-state index in [1.807, 2.05) is 12.1 Å². The maximum Gasteiger partial charge on any atom is 0.137 e. The van der Waals surface area contributed by atoms with Crippen LogP contribution in [-0.4, -0.2) is 6.61 Å². The topological polar surface area (TPSA) is 56.8 Å². The van der Waals surface area contributed by atoms with Gasteiger partial charge in [-0.15, -0.1) is 0 Å². The van der Waals surface area contributed by atoms with Crippen LogP contribution >= 0.6 is 11.6 Å². The Morgan fingerprint density at radius 3 is 2.16 bits per heavy atom. The summed E-state index contributed by atoms with van der Waals surface area (Å²) in [5.41, 5.74) is 5.00. The number of nitriles is 2. The van der Waals surface area contributed by atoms with Crippen LogP contribution in [0, 0.1) is 28.1 Å². The second-order valence-corrected chi connectivity index (χ2v) is 11.9. The highest BCUT2D eigenvalue weighted by molar-refractivity contribution is 6.32. The van der Waals surface area contributed by atoms with Crippen molar-refractivity contribution in [2.75, 3.05) is 6.61 Å². The zero-order valence-corrected chi connectivity index (χ0v) is 23.4. The molecule has 3 fully saturated rings. The van der Waals surface area contributed by atoms with Crippen molar-refractivity contribution in [2.45, 2.75) is 109 Å². The van der Waals surface area contributed by atoms with Crippen molar-refractivity contribution in [2.24, 2.45) is 5.41 Å². The summed E-state index contributed by atoms with van der Waals surface area (Å²) in [6.07, 6.45) is 16.2. The second-order valence-electron chi connectivity index (χ2n) is 11.5. The zero-order valence-electron chi connectivity index (χ0n) is 22.7. The molecule has 3 aliphatic carbocycles. The van der Waals surface area contributed by atoms with Crippen LogP contribution < -0.4 is 4.74 Å². The standard InChI is InChI=1S/C33H41ClN2O/c1-3-5-7-14-32-15-18-33(19-16-32,20-17-32)29-12-11-26(27(23-35)28(29)24-36)10-8-25-9-13-31(30(34)22-25)37-21-6-4-2/h9,11-13,22H,3-8,10,14-21H2,1-2H3.